The Morgan fingerprint density at radius 1 is 1.04 bits per heavy atom. The molecule has 3 N–H and O–H groups in total. The number of rotatable bonds is 5. The van der Waals surface area contributed by atoms with Crippen LogP contribution in [0.5, 0.6) is 11.6 Å². The van der Waals surface area contributed by atoms with Gasteiger partial charge >= 0.3 is 0 Å². The van der Waals surface area contributed by atoms with Crippen molar-refractivity contribution in [2.75, 3.05) is 5.32 Å². The molecule has 0 aliphatic rings. The Kier molecular flexibility index (Phi) is 5.73. The largest absolute Gasteiger partial charge is 0.439 e. The van der Waals surface area contributed by atoms with E-state index in [1.807, 2.05) is 24.3 Å². The number of hydrogen-bond acceptors (Lipinski definition) is 4. The van der Waals surface area contributed by atoms with Crippen LogP contribution in [0.25, 0.3) is 0 Å². The fraction of sp³-hybridized carbons (Fsp3) is 0.0526. The van der Waals surface area contributed by atoms with Crippen LogP contribution in [0.3, 0.4) is 0 Å². The highest BCUT2D eigenvalue weighted by molar-refractivity contribution is 6.42. The van der Waals surface area contributed by atoms with Crippen molar-refractivity contribution in [2.24, 2.45) is 5.73 Å². The standard InChI is InChI=1S/C19H15Cl2N3O2/c20-16-7-3-13(9-17(16)21)19(25)24-14-4-8-18(23-11-14)26-15-5-1-12(10-22)2-6-15/h1-9,11H,10,22H2,(H,24,25). The average molecular weight is 388 g/mol. The minimum absolute atomic E-state index is 0.309. The zero-order valence-electron chi connectivity index (χ0n) is 13.6. The number of nitrogens with one attached hydrogen (secondary N) is 1. The van der Waals surface area contributed by atoms with Crippen LogP contribution in [0, 0.1) is 0 Å². The second-order valence-electron chi connectivity index (χ2n) is 5.42. The van der Waals surface area contributed by atoms with E-state index in [1.54, 1.807) is 24.3 Å². The molecule has 3 rings (SSSR count). The molecule has 0 aliphatic heterocycles. The van der Waals surface area contributed by atoms with Crippen molar-refractivity contribution >= 4 is 34.8 Å². The van der Waals surface area contributed by atoms with Crippen LogP contribution in [-0.4, -0.2) is 10.9 Å². The van der Waals surface area contributed by atoms with Crippen molar-refractivity contribution in [1.82, 2.24) is 4.98 Å². The average Bonchev–Trinajstić information content (AvgIpc) is 2.66. The lowest BCUT2D eigenvalue weighted by Crippen LogP contribution is -2.12. The van der Waals surface area contributed by atoms with Crippen molar-refractivity contribution in [1.29, 1.82) is 0 Å². The summed E-state index contributed by atoms with van der Waals surface area (Å²) in [5.41, 5.74) is 7.52. The number of hydrogen-bond donors (Lipinski definition) is 2. The third-order valence-electron chi connectivity index (χ3n) is 3.56. The van der Waals surface area contributed by atoms with E-state index >= 15 is 0 Å². The van der Waals surface area contributed by atoms with Crippen LogP contribution >= 0.6 is 23.2 Å². The van der Waals surface area contributed by atoms with Crippen LogP contribution < -0.4 is 15.8 Å². The van der Waals surface area contributed by atoms with Gasteiger partial charge in [0.15, 0.2) is 0 Å². The van der Waals surface area contributed by atoms with Crippen LogP contribution in [0.2, 0.25) is 10.0 Å². The Morgan fingerprint density at radius 2 is 1.81 bits per heavy atom. The molecule has 0 saturated heterocycles. The van der Waals surface area contributed by atoms with Crippen molar-refractivity contribution in [2.45, 2.75) is 6.54 Å². The van der Waals surface area contributed by atoms with Crippen molar-refractivity contribution < 1.29 is 9.53 Å². The molecular weight excluding hydrogens is 373 g/mol. The van der Waals surface area contributed by atoms with Gasteiger partial charge in [0.2, 0.25) is 5.88 Å². The fourth-order valence-electron chi connectivity index (χ4n) is 2.17. The van der Waals surface area contributed by atoms with Gasteiger partial charge in [0.1, 0.15) is 5.75 Å². The molecule has 0 aliphatic carbocycles. The summed E-state index contributed by atoms with van der Waals surface area (Å²) < 4.78 is 5.65. The summed E-state index contributed by atoms with van der Waals surface area (Å²) in [6, 6.07) is 15.5. The Hall–Kier alpha value is -2.60. The van der Waals surface area contributed by atoms with E-state index in [-0.39, 0.29) is 5.91 Å². The highest BCUT2D eigenvalue weighted by Crippen LogP contribution is 2.24. The van der Waals surface area contributed by atoms with Crippen molar-refractivity contribution in [3.63, 3.8) is 0 Å². The molecule has 1 aromatic heterocycles. The number of ether oxygens (including phenoxy) is 1. The van der Waals surface area contributed by atoms with E-state index < -0.39 is 0 Å². The minimum atomic E-state index is -0.309. The zero-order chi connectivity index (χ0) is 18.5. The molecule has 0 bridgehead atoms. The second kappa shape index (κ2) is 8.19. The normalized spacial score (nSPS) is 10.4. The van der Waals surface area contributed by atoms with E-state index in [9.17, 15) is 4.79 Å². The Morgan fingerprint density at radius 3 is 2.42 bits per heavy atom. The number of benzene rings is 2. The van der Waals surface area contributed by atoms with Gasteiger partial charge in [0, 0.05) is 18.2 Å². The number of aromatic nitrogens is 1. The molecular formula is C19H15Cl2N3O2. The van der Waals surface area contributed by atoms with E-state index in [2.05, 4.69) is 10.3 Å². The van der Waals surface area contributed by atoms with Gasteiger partial charge in [-0.3, -0.25) is 4.79 Å². The number of amides is 1. The molecule has 26 heavy (non-hydrogen) atoms. The molecule has 0 spiro atoms. The van der Waals surface area contributed by atoms with Crippen LogP contribution in [0.4, 0.5) is 5.69 Å². The lowest BCUT2D eigenvalue weighted by Gasteiger charge is -2.08. The van der Waals surface area contributed by atoms with E-state index in [1.165, 1.54) is 12.3 Å². The Bertz CT molecular complexity index is 913. The minimum Gasteiger partial charge on any atom is -0.439 e. The summed E-state index contributed by atoms with van der Waals surface area (Å²) in [5.74, 6) is 0.761. The summed E-state index contributed by atoms with van der Waals surface area (Å²) >= 11 is 11.8. The van der Waals surface area contributed by atoms with Gasteiger partial charge in [0.05, 0.1) is 21.9 Å². The first-order valence-corrected chi connectivity index (χ1v) is 8.50. The number of nitrogens with two attached hydrogens (primary N) is 1. The number of anilines is 1. The Balaban J connectivity index is 1.65. The van der Waals surface area contributed by atoms with Gasteiger partial charge in [-0.25, -0.2) is 4.98 Å². The van der Waals surface area contributed by atoms with Gasteiger partial charge in [0.25, 0.3) is 5.91 Å². The molecule has 3 aromatic rings. The first-order valence-electron chi connectivity index (χ1n) is 7.74. The molecule has 132 valence electrons. The van der Waals surface area contributed by atoms with Crippen LogP contribution in [0.1, 0.15) is 15.9 Å². The predicted octanol–water partition coefficient (Wildman–Crippen LogP) is 4.89. The third kappa shape index (κ3) is 4.52. The highest BCUT2D eigenvalue weighted by atomic mass is 35.5. The smallest absolute Gasteiger partial charge is 0.255 e. The maximum atomic E-state index is 12.2. The summed E-state index contributed by atoms with van der Waals surface area (Å²) in [7, 11) is 0. The summed E-state index contributed by atoms with van der Waals surface area (Å²) in [4.78, 5) is 16.4. The molecule has 0 radical (unpaired) electrons. The van der Waals surface area contributed by atoms with Crippen LogP contribution in [0.15, 0.2) is 60.8 Å². The van der Waals surface area contributed by atoms with Gasteiger partial charge in [-0.05, 0) is 42.0 Å². The van der Waals surface area contributed by atoms with Crippen molar-refractivity contribution in [3.05, 3.63) is 82.0 Å². The number of halogens is 2. The third-order valence-corrected chi connectivity index (χ3v) is 4.30. The molecule has 1 heterocycles. The quantitative estimate of drug-likeness (QED) is 0.652. The first kappa shape index (κ1) is 18.2. The lowest BCUT2D eigenvalue weighted by molar-refractivity contribution is 0.102. The monoisotopic (exact) mass is 387 g/mol. The molecule has 1 amide bonds. The number of carbonyl (C=O) groups is 1. The highest BCUT2D eigenvalue weighted by Gasteiger charge is 2.09. The zero-order valence-corrected chi connectivity index (χ0v) is 15.1. The first-order chi connectivity index (χ1) is 12.5. The summed E-state index contributed by atoms with van der Waals surface area (Å²) in [5, 5.41) is 3.45. The molecule has 5 nitrogen and oxygen atoms in total. The Labute approximate surface area is 160 Å². The number of pyridine rings is 1. The second-order valence-corrected chi connectivity index (χ2v) is 6.23. The van der Waals surface area contributed by atoms with Crippen LogP contribution in [-0.2, 0) is 6.54 Å². The van der Waals surface area contributed by atoms with Gasteiger partial charge in [-0.2, -0.15) is 0 Å². The summed E-state index contributed by atoms with van der Waals surface area (Å²) in [6.45, 7) is 0.478. The lowest BCUT2D eigenvalue weighted by atomic mass is 10.2. The van der Waals surface area contributed by atoms with Gasteiger partial charge in [-0.1, -0.05) is 35.3 Å². The van der Waals surface area contributed by atoms with Gasteiger partial charge in [-0.15, -0.1) is 0 Å². The topological polar surface area (TPSA) is 77.2 Å². The number of carbonyl (C=O) groups excluding carboxylic acids is 1. The molecule has 0 saturated carbocycles. The fourth-order valence-corrected chi connectivity index (χ4v) is 2.47. The molecule has 0 fully saturated rings. The maximum Gasteiger partial charge on any atom is 0.255 e. The molecule has 0 atom stereocenters. The van der Waals surface area contributed by atoms with E-state index in [0.717, 1.165) is 5.56 Å². The number of nitrogens with zero attached hydrogens (tertiary/aromatic N) is 1. The SMILES string of the molecule is NCc1ccc(Oc2ccc(NC(=O)c3ccc(Cl)c(Cl)c3)cn2)cc1. The van der Waals surface area contributed by atoms with Crippen molar-refractivity contribution in [3.8, 4) is 11.6 Å². The van der Waals surface area contributed by atoms with E-state index in [0.29, 0.717) is 39.5 Å². The van der Waals surface area contributed by atoms with E-state index in [4.69, 9.17) is 33.7 Å². The molecule has 0 unspecified atom stereocenters. The maximum absolute atomic E-state index is 12.2. The molecule has 7 heteroatoms. The summed E-state index contributed by atoms with van der Waals surface area (Å²) in [6.07, 6.45) is 1.51. The van der Waals surface area contributed by atoms with Gasteiger partial charge < -0.3 is 15.8 Å². The molecule has 2 aromatic carbocycles. The predicted molar refractivity (Wildman–Crippen MR) is 103 cm³/mol.